The summed E-state index contributed by atoms with van der Waals surface area (Å²) in [5, 5.41) is 20.1. The lowest BCUT2D eigenvalue weighted by Crippen LogP contribution is -2.14. The summed E-state index contributed by atoms with van der Waals surface area (Å²) in [6.45, 7) is 0.320. The molecule has 0 spiro atoms. The molecule has 0 unspecified atom stereocenters. The van der Waals surface area contributed by atoms with E-state index in [1.807, 2.05) is 0 Å². The van der Waals surface area contributed by atoms with Crippen molar-refractivity contribution in [3.8, 4) is 5.88 Å². The highest BCUT2D eigenvalue weighted by atomic mass is 35.5. The summed E-state index contributed by atoms with van der Waals surface area (Å²) in [7, 11) is 0. The number of aromatic nitrogens is 1. The highest BCUT2D eigenvalue weighted by Crippen LogP contribution is 2.25. The van der Waals surface area contributed by atoms with Crippen LogP contribution in [-0.2, 0) is 0 Å². The van der Waals surface area contributed by atoms with Gasteiger partial charge in [-0.05, 0) is 6.07 Å². The fraction of sp³-hybridized carbons (Fsp3) is 0.333. The predicted molar refractivity (Wildman–Crippen MR) is 59.0 cm³/mol. The van der Waals surface area contributed by atoms with Crippen LogP contribution >= 0.6 is 11.6 Å². The van der Waals surface area contributed by atoms with E-state index in [-0.39, 0.29) is 23.3 Å². The Balaban J connectivity index is 2.86. The van der Waals surface area contributed by atoms with E-state index < -0.39 is 0 Å². The third-order valence-electron chi connectivity index (χ3n) is 1.78. The summed E-state index contributed by atoms with van der Waals surface area (Å²) in [5.41, 5.74) is 5.76. The number of ether oxygens (including phenoxy) is 1. The molecule has 1 aromatic rings. The molecular weight excluding hydrogens is 234 g/mol. The minimum Gasteiger partial charge on any atom is -0.477 e. The Bertz CT molecular complexity index is 384. The zero-order valence-corrected chi connectivity index (χ0v) is 9.18. The fourth-order valence-corrected chi connectivity index (χ4v) is 1.27. The van der Waals surface area contributed by atoms with Gasteiger partial charge in [0.25, 0.3) is 0 Å². The molecule has 1 rings (SSSR count). The van der Waals surface area contributed by atoms with Crippen molar-refractivity contribution in [3.63, 3.8) is 0 Å². The Labute approximate surface area is 97.3 Å². The van der Waals surface area contributed by atoms with Crippen LogP contribution in [0.3, 0.4) is 0 Å². The van der Waals surface area contributed by atoms with E-state index in [1.54, 1.807) is 0 Å². The number of aliphatic hydroxyl groups excluding tert-OH is 1. The number of pyridine rings is 1. The minimum atomic E-state index is -0.112. The zero-order valence-electron chi connectivity index (χ0n) is 8.43. The van der Waals surface area contributed by atoms with E-state index in [2.05, 4.69) is 10.1 Å². The van der Waals surface area contributed by atoms with Gasteiger partial charge in [-0.1, -0.05) is 16.8 Å². The van der Waals surface area contributed by atoms with Gasteiger partial charge in [0, 0.05) is 24.8 Å². The van der Waals surface area contributed by atoms with Gasteiger partial charge in [0.1, 0.15) is 5.02 Å². The van der Waals surface area contributed by atoms with Crippen molar-refractivity contribution in [3.05, 3.63) is 22.8 Å². The average molecular weight is 246 g/mol. The molecular formula is C9H12ClN3O3. The van der Waals surface area contributed by atoms with Crippen molar-refractivity contribution < 1.29 is 15.1 Å². The average Bonchev–Trinajstić information content (AvgIpc) is 2.30. The lowest BCUT2D eigenvalue weighted by Gasteiger charge is -2.08. The van der Waals surface area contributed by atoms with E-state index in [0.29, 0.717) is 18.6 Å². The second-order valence-corrected chi connectivity index (χ2v) is 3.27. The first-order chi connectivity index (χ1) is 7.70. The maximum Gasteiger partial charge on any atom is 0.233 e. The highest BCUT2D eigenvalue weighted by molar-refractivity contribution is 6.35. The molecule has 7 heteroatoms. The number of oxime groups is 1. The van der Waals surface area contributed by atoms with Crippen molar-refractivity contribution in [1.29, 1.82) is 0 Å². The van der Waals surface area contributed by atoms with Crippen molar-refractivity contribution in [1.82, 2.24) is 4.98 Å². The molecule has 1 aromatic heterocycles. The van der Waals surface area contributed by atoms with Gasteiger partial charge in [0.05, 0.1) is 6.61 Å². The molecule has 88 valence electrons. The van der Waals surface area contributed by atoms with Crippen LogP contribution in [0.2, 0.25) is 5.02 Å². The van der Waals surface area contributed by atoms with Crippen LogP contribution in [0.4, 0.5) is 0 Å². The van der Waals surface area contributed by atoms with Crippen molar-refractivity contribution in [2.45, 2.75) is 6.42 Å². The summed E-state index contributed by atoms with van der Waals surface area (Å²) in [5.74, 6) is 0.0821. The number of rotatable bonds is 5. The van der Waals surface area contributed by atoms with Gasteiger partial charge in [-0.15, -0.1) is 0 Å². The number of hydrogen-bond donors (Lipinski definition) is 3. The van der Waals surface area contributed by atoms with Crippen LogP contribution in [0, 0.1) is 0 Å². The summed E-state index contributed by atoms with van der Waals surface area (Å²) >= 11 is 5.94. The largest absolute Gasteiger partial charge is 0.477 e. The molecule has 4 N–H and O–H groups in total. The van der Waals surface area contributed by atoms with Crippen LogP contribution < -0.4 is 10.5 Å². The van der Waals surface area contributed by atoms with E-state index in [0.717, 1.165) is 0 Å². The van der Waals surface area contributed by atoms with Crippen LogP contribution in [0.25, 0.3) is 0 Å². The zero-order chi connectivity index (χ0) is 12.0. The molecule has 0 fully saturated rings. The van der Waals surface area contributed by atoms with E-state index >= 15 is 0 Å². The lowest BCUT2D eigenvalue weighted by molar-refractivity contribution is 0.229. The number of amidine groups is 1. The van der Waals surface area contributed by atoms with Crippen LogP contribution in [0.5, 0.6) is 5.88 Å². The summed E-state index contributed by atoms with van der Waals surface area (Å²) in [6.07, 6.45) is 1.92. The molecule has 0 atom stereocenters. The SMILES string of the molecule is N/C(=N/O)c1ccnc(OCCCO)c1Cl. The smallest absolute Gasteiger partial charge is 0.233 e. The quantitative estimate of drug-likeness (QED) is 0.232. The van der Waals surface area contributed by atoms with E-state index in [4.69, 9.17) is 32.4 Å². The van der Waals surface area contributed by atoms with Crippen molar-refractivity contribution in [2.75, 3.05) is 13.2 Å². The van der Waals surface area contributed by atoms with Gasteiger partial charge < -0.3 is 20.8 Å². The first-order valence-corrected chi connectivity index (χ1v) is 4.94. The minimum absolute atomic E-state index is 0.0253. The van der Waals surface area contributed by atoms with Gasteiger partial charge in [-0.3, -0.25) is 0 Å². The summed E-state index contributed by atoms with van der Waals surface area (Å²) in [4.78, 5) is 3.90. The number of nitrogens with two attached hydrogens (primary N) is 1. The number of aliphatic hydroxyl groups is 1. The van der Waals surface area contributed by atoms with Crippen LogP contribution in [0.15, 0.2) is 17.4 Å². The second-order valence-electron chi connectivity index (χ2n) is 2.89. The Morgan fingerprint density at radius 2 is 2.38 bits per heavy atom. The monoisotopic (exact) mass is 245 g/mol. The fourth-order valence-electron chi connectivity index (χ4n) is 1.01. The molecule has 1 heterocycles. The number of halogens is 1. The molecule has 0 saturated carbocycles. The van der Waals surface area contributed by atoms with Gasteiger partial charge in [0.15, 0.2) is 5.84 Å². The van der Waals surface area contributed by atoms with Gasteiger partial charge in [-0.25, -0.2) is 4.98 Å². The number of hydrogen-bond acceptors (Lipinski definition) is 5. The van der Waals surface area contributed by atoms with E-state index in [9.17, 15) is 0 Å². The molecule has 0 radical (unpaired) electrons. The molecule has 0 aliphatic carbocycles. The van der Waals surface area contributed by atoms with Crippen molar-refractivity contribution >= 4 is 17.4 Å². The van der Waals surface area contributed by atoms with Gasteiger partial charge >= 0.3 is 0 Å². The highest BCUT2D eigenvalue weighted by Gasteiger charge is 2.11. The molecule has 0 amide bonds. The maximum atomic E-state index is 8.59. The first-order valence-electron chi connectivity index (χ1n) is 4.56. The Hall–Kier alpha value is -1.53. The third kappa shape index (κ3) is 2.98. The van der Waals surface area contributed by atoms with Crippen LogP contribution in [0.1, 0.15) is 12.0 Å². The van der Waals surface area contributed by atoms with E-state index in [1.165, 1.54) is 12.3 Å². The van der Waals surface area contributed by atoms with Gasteiger partial charge in [0.2, 0.25) is 5.88 Å². The Kier molecular flexibility index (Phi) is 4.81. The Morgan fingerprint density at radius 1 is 1.62 bits per heavy atom. The van der Waals surface area contributed by atoms with Crippen LogP contribution in [-0.4, -0.2) is 34.3 Å². The van der Waals surface area contributed by atoms with Gasteiger partial charge in [-0.2, -0.15) is 0 Å². The predicted octanol–water partition coefficient (Wildman–Crippen LogP) is 0.591. The summed E-state index contributed by atoms with van der Waals surface area (Å²) in [6, 6.07) is 1.51. The molecule has 0 bridgehead atoms. The molecule has 0 aliphatic rings. The molecule has 0 aliphatic heterocycles. The topological polar surface area (TPSA) is 101 Å². The molecule has 6 nitrogen and oxygen atoms in total. The molecule has 0 aromatic carbocycles. The number of nitrogens with zero attached hydrogens (tertiary/aromatic N) is 2. The second kappa shape index (κ2) is 6.14. The maximum absolute atomic E-state index is 8.59. The summed E-state index contributed by atoms with van der Waals surface area (Å²) < 4.78 is 5.22. The molecule has 16 heavy (non-hydrogen) atoms. The third-order valence-corrected chi connectivity index (χ3v) is 2.15. The lowest BCUT2D eigenvalue weighted by atomic mass is 10.2. The van der Waals surface area contributed by atoms with Crippen molar-refractivity contribution in [2.24, 2.45) is 10.9 Å². The first kappa shape index (κ1) is 12.5. The Morgan fingerprint density at radius 3 is 3.00 bits per heavy atom. The molecule has 0 saturated heterocycles. The standard InChI is InChI=1S/C9H12ClN3O3/c10-7-6(8(11)13-15)2-3-12-9(7)16-5-1-4-14/h2-3,14-15H,1,4-5H2,(H2,11,13). The normalized spacial score (nSPS) is 11.5.